The summed E-state index contributed by atoms with van der Waals surface area (Å²) in [5.41, 5.74) is 7.64. The van der Waals surface area contributed by atoms with Crippen molar-refractivity contribution in [1.29, 1.82) is 0 Å². The molecule has 3 rings (SSSR count). The van der Waals surface area contributed by atoms with Crippen molar-refractivity contribution in [3.05, 3.63) is 53.6 Å². The fourth-order valence-corrected chi connectivity index (χ4v) is 3.50. The van der Waals surface area contributed by atoms with Crippen LogP contribution < -0.4 is 5.73 Å². The van der Waals surface area contributed by atoms with Gasteiger partial charge in [-0.25, -0.2) is 4.98 Å². The third kappa shape index (κ3) is 4.50. The molecule has 0 aliphatic carbocycles. The van der Waals surface area contributed by atoms with Gasteiger partial charge in [-0.15, -0.1) is 0 Å². The molecule has 2 aromatic rings. The molecule has 2 heterocycles. The van der Waals surface area contributed by atoms with Crippen LogP contribution in [-0.2, 0) is 24.7 Å². The van der Waals surface area contributed by atoms with E-state index >= 15 is 0 Å². The summed E-state index contributed by atoms with van der Waals surface area (Å²) in [6, 6.07) is 8.44. The van der Waals surface area contributed by atoms with E-state index in [-0.39, 0.29) is 11.8 Å². The summed E-state index contributed by atoms with van der Waals surface area (Å²) in [5.74, 6) is 0.863. The summed E-state index contributed by atoms with van der Waals surface area (Å²) < 4.78 is 1.77. The Kier molecular flexibility index (Phi) is 5.71. The van der Waals surface area contributed by atoms with Crippen LogP contribution in [0.3, 0.4) is 0 Å². The van der Waals surface area contributed by atoms with Gasteiger partial charge in [0, 0.05) is 39.0 Å². The number of hydrogen-bond acceptors (Lipinski definition) is 3. The lowest BCUT2D eigenvalue weighted by molar-refractivity contribution is -0.117. The summed E-state index contributed by atoms with van der Waals surface area (Å²) in [7, 11) is 1.85. The summed E-state index contributed by atoms with van der Waals surface area (Å²) in [4.78, 5) is 29.4. The van der Waals surface area contributed by atoms with Crippen molar-refractivity contribution in [3.8, 4) is 0 Å². The van der Waals surface area contributed by atoms with Gasteiger partial charge in [-0.1, -0.05) is 24.3 Å². The molecule has 1 fully saturated rings. The predicted octanol–water partition coefficient (Wildman–Crippen LogP) is 1.93. The SMILES string of the molecule is Cn1ccnc1C(=O)N1CCC(Cc2ccc(CCC(N)=O)cc2)CC1. The van der Waals surface area contributed by atoms with Crippen LogP contribution in [0.2, 0.25) is 0 Å². The average Bonchev–Trinajstić information content (AvgIpc) is 3.07. The number of carbonyl (C=O) groups is 2. The van der Waals surface area contributed by atoms with Crippen molar-refractivity contribution in [3.63, 3.8) is 0 Å². The highest BCUT2D eigenvalue weighted by Gasteiger charge is 2.25. The number of likely N-dealkylation sites (tertiary alicyclic amines) is 1. The lowest BCUT2D eigenvalue weighted by Crippen LogP contribution is -2.39. The zero-order valence-corrected chi connectivity index (χ0v) is 15.2. The van der Waals surface area contributed by atoms with Crippen molar-refractivity contribution in [2.24, 2.45) is 18.7 Å². The van der Waals surface area contributed by atoms with Crippen molar-refractivity contribution in [1.82, 2.24) is 14.5 Å². The molecule has 0 radical (unpaired) electrons. The fourth-order valence-electron chi connectivity index (χ4n) is 3.50. The van der Waals surface area contributed by atoms with Crippen LogP contribution in [0.4, 0.5) is 0 Å². The molecule has 1 aliphatic rings. The number of imidazole rings is 1. The van der Waals surface area contributed by atoms with Gasteiger partial charge in [0.15, 0.2) is 5.82 Å². The van der Waals surface area contributed by atoms with Gasteiger partial charge in [-0.3, -0.25) is 9.59 Å². The molecule has 1 saturated heterocycles. The quantitative estimate of drug-likeness (QED) is 0.861. The van der Waals surface area contributed by atoms with Crippen LogP contribution >= 0.6 is 0 Å². The number of nitrogens with zero attached hydrogens (tertiary/aromatic N) is 3. The minimum atomic E-state index is -0.263. The second-order valence-corrected chi connectivity index (χ2v) is 7.08. The van der Waals surface area contributed by atoms with Crippen LogP contribution in [-0.4, -0.2) is 39.4 Å². The highest BCUT2D eigenvalue weighted by atomic mass is 16.2. The zero-order chi connectivity index (χ0) is 18.5. The summed E-state index contributed by atoms with van der Waals surface area (Å²) in [5, 5.41) is 0. The molecule has 1 aromatic carbocycles. The van der Waals surface area contributed by atoms with E-state index in [1.807, 2.05) is 11.9 Å². The maximum Gasteiger partial charge on any atom is 0.289 e. The number of aromatic nitrogens is 2. The molecule has 138 valence electrons. The Morgan fingerprint density at radius 1 is 1.15 bits per heavy atom. The topological polar surface area (TPSA) is 81.2 Å². The van der Waals surface area contributed by atoms with Gasteiger partial charge in [0.05, 0.1) is 0 Å². The van der Waals surface area contributed by atoms with E-state index in [9.17, 15) is 9.59 Å². The lowest BCUT2D eigenvalue weighted by atomic mass is 9.89. The highest BCUT2D eigenvalue weighted by Crippen LogP contribution is 2.23. The minimum Gasteiger partial charge on any atom is -0.370 e. The molecular formula is C20H26N4O2. The molecule has 0 atom stereocenters. The molecule has 0 bridgehead atoms. The number of nitrogens with two attached hydrogens (primary N) is 1. The maximum atomic E-state index is 12.5. The first-order valence-electron chi connectivity index (χ1n) is 9.15. The summed E-state index contributed by atoms with van der Waals surface area (Å²) >= 11 is 0. The number of hydrogen-bond donors (Lipinski definition) is 1. The average molecular weight is 354 g/mol. The van der Waals surface area contributed by atoms with Gasteiger partial charge < -0.3 is 15.2 Å². The third-order valence-corrected chi connectivity index (χ3v) is 5.12. The largest absolute Gasteiger partial charge is 0.370 e. The first kappa shape index (κ1) is 18.2. The van der Waals surface area contributed by atoms with Crippen LogP contribution in [0, 0.1) is 5.92 Å². The number of aryl methyl sites for hydroxylation is 2. The second-order valence-electron chi connectivity index (χ2n) is 7.08. The Labute approximate surface area is 154 Å². The van der Waals surface area contributed by atoms with Crippen LogP contribution in [0.25, 0.3) is 0 Å². The van der Waals surface area contributed by atoms with E-state index in [2.05, 4.69) is 29.2 Å². The molecule has 6 nitrogen and oxygen atoms in total. The number of primary amides is 1. The molecular weight excluding hydrogens is 328 g/mol. The molecule has 1 aromatic heterocycles. The smallest absolute Gasteiger partial charge is 0.289 e. The van der Waals surface area contributed by atoms with E-state index in [1.54, 1.807) is 17.0 Å². The minimum absolute atomic E-state index is 0.0229. The van der Waals surface area contributed by atoms with Gasteiger partial charge >= 0.3 is 0 Å². The van der Waals surface area contributed by atoms with Crippen molar-refractivity contribution < 1.29 is 9.59 Å². The molecule has 2 N–H and O–H groups in total. The van der Waals surface area contributed by atoms with E-state index < -0.39 is 0 Å². The summed E-state index contributed by atoms with van der Waals surface area (Å²) in [6.45, 7) is 1.57. The Morgan fingerprint density at radius 2 is 1.81 bits per heavy atom. The first-order valence-corrected chi connectivity index (χ1v) is 9.15. The molecule has 0 unspecified atom stereocenters. The molecule has 26 heavy (non-hydrogen) atoms. The number of amides is 2. The number of benzene rings is 1. The van der Waals surface area contributed by atoms with E-state index in [4.69, 9.17) is 5.73 Å². The molecule has 6 heteroatoms. The predicted molar refractivity (Wildman–Crippen MR) is 99.5 cm³/mol. The summed E-state index contributed by atoms with van der Waals surface area (Å²) in [6.07, 6.45) is 7.60. The van der Waals surface area contributed by atoms with Crippen LogP contribution in [0.1, 0.15) is 41.0 Å². The Balaban J connectivity index is 1.49. The lowest BCUT2D eigenvalue weighted by Gasteiger charge is -2.31. The van der Waals surface area contributed by atoms with Gasteiger partial charge in [-0.05, 0) is 42.7 Å². The third-order valence-electron chi connectivity index (χ3n) is 5.12. The second kappa shape index (κ2) is 8.17. The Morgan fingerprint density at radius 3 is 2.38 bits per heavy atom. The monoisotopic (exact) mass is 354 g/mol. The van der Waals surface area contributed by atoms with Gasteiger partial charge in [0.1, 0.15) is 0 Å². The zero-order valence-electron chi connectivity index (χ0n) is 15.2. The first-order chi connectivity index (χ1) is 12.5. The van der Waals surface area contributed by atoms with Crippen LogP contribution in [0.5, 0.6) is 0 Å². The van der Waals surface area contributed by atoms with Gasteiger partial charge in [0.2, 0.25) is 5.91 Å². The molecule has 0 saturated carbocycles. The molecule has 0 spiro atoms. The van der Waals surface area contributed by atoms with Crippen molar-refractivity contribution in [2.45, 2.75) is 32.1 Å². The molecule has 2 amide bonds. The van der Waals surface area contributed by atoms with Crippen molar-refractivity contribution >= 4 is 11.8 Å². The fraction of sp³-hybridized carbons (Fsp3) is 0.450. The standard InChI is InChI=1S/C20H26N4O2/c1-23-13-10-22-19(23)20(26)24-11-8-17(9-12-24)14-16-4-2-15(3-5-16)6-7-18(21)25/h2-5,10,13,17H,6-9,11-12,14H2,1H3,(H2,21,25). The normalized spacial score (nSPS) is 15.2. The van der Waals surface area contributed by atoms with E-state index in [0.717, 1.165) is 37.9 Å². The number of rotatable bonds is 6. The van der Waals surface area contributed by atoms with E-state index in [0.29, 0.717) is 24.6 Å². The van der Waals surface area contributed by atoms with Crippen molar-refractivity contribution in [2.75, 3.05) is 13.1 Å². The van der Waals surface area contributed by atoms with Crippen LogP contribution in [0.15, 0.2) is 36.7 Å². The van der Waals surface area contributed by atoms with E-state index in [1.165, 1.54) is 5.56 Å². The Bertz CT molecular complexity index is 758. The van der Waals surface area contributed by atoms with Gasteiger partial charge in [0.25, 0.3) is 5.91 Å². The Hall–Kier alpha value is -2.63. The highest BCUT2D eigenvalue weighted by molar-refractivity contribution is 5.90. The number of carbonyl (C=O) groups excluding carboxylic acids is 2. The maximum absolute atomic E-state index is 12.5. The van der Waals surface area contributed by atoms with Gasteiger partial charge in [-0.2, -0.15) is 0 Å². The number of piperidine rings is 1. The molecule has 1 aliphatic heterocycles.